The lowest BCUT2D eigenvalue weighted by Gasteiger charge is -2.62. The summed E-state index contributed by atoms with van der Waals surface area (Å²) in [6, 6.07) is 0. The van der Waals surface area contributed by atoms with Crippen LogP contribution in [-0.2, 0) is 14.3 Å². The number of hydrogen-bond acceptors (Lipinski definition) is 5. The molecule has 9 atom stereocenters. The number of allylic oxidation sites excluding steroid dienone is 4. The van der Waals surface area contributed by atoms with E-state index in [9.17, 15) is 14.7 Å². The molecule has 0 aromatic rings. The molecule has 1 N–H and O–H groups in total. The van der Waals surface area contributed by atoms with Crippen molar-refractivity contribution in [3.8, 4) is 0 Å². The Morgan fingerprint density at radius 2 is 1.60 bits per heavy atom. The number of esters is 1. The van der Waals surface area contributed by atoms with Crippen LogP contribution in [0, 0.1) is 39.4 Å². The largest absolute Gasteiger partial charge is 0.480 e. The molecule has 4 nitrogen and oxygen atoms in total. The summed E-state index contributed by atoms with van der Waals surface area (Å²) in [7, 11) is 2.55. The van der Waals surface area contributed by atoms with Crippen molar-refractivity contribution in [3.63, 3.8) is 0 Å². The van der Waals surface area contributed by atoms with Gasteiger partial charge in [0.05, 0.1) is 0 Å². The summed E-state index contributed by atoms with van der Waals surface area (Å²) in [4.78, 5) is 24.3. The van der Waals surface area contributed by atoms with Gasteiger partial charge in [0.25, 0.3) is 0 Å². The molecule has 2 saturated carbocycles. The normalized spacial score (nSPS) is 37.5. The average molecular weight is 619 g/mol. The number of rotatable bonds is 10. The van der Waals surface area contributed by atoms with Gasteiger partial charge in [0.1, 0.15) is 16.6 Å². The van der Waals surface area contributed by atoms with Gasteiger partial charge in [-0.1, -0.05) is 85.9 Å². The first kappa shape index (κ1) is 34.0. The first-order chi connectivity index (χ1) is 19.5. The molecule has 4 aliphatic carbocycles. The molecule has 0 aliphatic heterocycles. The Kier molecular flexibility index (Phi) is 10.1. The summed E-state index contributed by atoms with van der Waals surface area (Å²) >= 11 is 0. The number of hydrogen-bond donors (Lipinski definition) is 1. The van der Waals surface area contributed by atoms with Crippen LogP contribution in [0.25, 0.3) is 0 Å². The fourth-order valence-electron chi connectivity index (χ4n) is 10.1. The second-order valence-corrected chi connectivity index (χ2v) is 18.8. The second kappa shape index (κ2) is 12.5. The lowest BCUT2D eigenvalue weighted by atomic mass is 9.43. The van der Waals surface area contributed by atoms with Gasteiger partial charge in [-0.25, -0.2) is 0 Å². The fraction of sp³-hybridized carbons (Fsp3) is 0.833. The number of carboxylic acid groups (broad SMARTS) is 1. The summed E-state index contributed by atoms with van der Waals surface area (Å²) in [6.45, 7) is 23.0. The highest BCUT2D eigenvalue weighted by molar-refractivity contribution is 8.77. The Morgan fingerprint density at radius 3 is 2.24 bits per heavy atom. The van der Waals surface area contributed by atoms with Crippen LogP contribution in [0.1, 0.15) is 133 Å². The molecule has 0 spiro atoms. The van der Waals surface area contributed by atoms with E-state index in [1.165, 1.54) is 78.5 Å². The van der Waals surface area contributed by atoms with Crippen molar-refractivity contribution in [2.45, 2.75) is 150 Å². The molecular formula is C36H58O4S2. The lowest BCUT2D eigenvalue weighted by Crippen LogP contribution is -2.56. The van der Waals surface area contributed by atoms with Gasteiger partial charge in [-0.2, -0.15) is 0 Å². The zero-order valence-corrected chi connectivity index (χ0v) is 29.7. The van der Waals surface area contributed by atoms with E-state index in [4.69, 9.17) is 4.74 Å². The first-order valence-corrected chi connectivity index (χ1v) is 18.9. The van der Waals surface area contributed by atoms with Gasteiger partial charge >= 0.3 is 11.9 Å². The van der Waals surface area contributed by atoms with E-state index in [1.54, 1.807) is 12.5 Å². The van der Waals surface area contributed by atoms with Gasteiger partial charge in [0.2, 0.25) is 0 Å². The molecule has 3 unspecified atom stereocenters. The van der Waals surface area contributed by atoms with Gasteiger partial charge in [-0.05, 0) is 126 Å². The van der Waals surface area contributed by atoms with Crippen LogP contribution in [0.4, 0.5) is 0 Å². The molecule has 0 aromatic heterocycles. The quantitative estimate of drug-likeness (QED) is 0.149. The Labute approximate surface area is 264 Å². The molecule has 0 bridgehead atoms. The summed E-state index contributed by atoms with van der Waals surface area (Å²) < 4.78 is 6.24. The smallest absolute Gasteiger partial charge is 0.319 e. The minimum Gasteiger partial charge on any atom is -0.480 e. The highest BCUT2D eigenvalue weighted by atomic mass is 33.1. The van der Waals surface area contributed by atoms with Crippen molar-refractivity contribution in [1.29, 1.82) is 0 Å². The molecule has 238 valence electrons. The SMILES string of the molecule is CC(C)=CCC[C@@H](C)[C@H]1CC[C@@]2(C)C3=C(CC[C@]12C)[C@@]1(C)CCC(OC(=O)C(C)SSC(C)C(=O)O)C(C)(C)[C@@H]1CC3. The maximum absolute atomic E-state index is 13.1. The summed E-state index contributed by atoms with van der Waals surface area (Å²) in [5.74, 6) is 0.991. The number of carbonyl (C=O) groups is 2. The topological polar surface area (TPSA) is 63.6 Å². The highest BCUT2D eigenvalue weighted by Crippen LogP contribution is 2.72. The maximum Gasteiger partial charge on any atom is 0.319 e. The monoisotopic (exact) mass is 618 g/mol. The van der Waals surface area contributed by atoms with E-state index in [-0.39, 0.29) is 22.9 Å². The Bertz CT molecular complexity index is 1110. The zero-order valence-electron chi connectivity index (χ0n) is 28.1. The maximum atomic E-state index is 13.1. The molecular weight excluding hydrogens is 561 g/mol. The van der Waals surface area contributed by atoms with Crippen LogP contribution in [0.3, 0.4) is 0 Å². The molecule has 6 heteroatoms. The highest BCUT2D eigenvalue weighted by Gasteiger charge is 2.63. The van der Waals surface area contributed by atoms with E-state index < -0.39 is 16.5 Å². The summed E-state index contributed by atoms with van der Waals surface area (Å²) in [6.07, 6.45) is 14.4. The molecule has 42 heavy (non-hydrogen) atoms. The van der Waals surface area contributed by atoms with Crippen molar-refractivity contribution < 1.29 is 19.4 Å². The number of fused-ring (bicyclic) bond motifs is 4. The van der Waals surface area contributed by atoms with Crippen molar-refractivity contribution in [2.75, 3.05) is 0 Å². The van der Waals surface area contributed by atoms with Crippen LogP contribution in [0.2, 0.25) is 0 Å². The van der Waals surface area contributed by atoms with Gasteiger partial charge < -0.3 is 9.84 Å². The third-order valence-corrected chi connectivity index (χ3v) is 16.0. The molecule has 0 heterocycles. The third-order valence-electron chi connectivity index (χ3n) is 12.9. The molecule has 4 rings (SSSR count). The van der Waals surface area contributed by atoms with Crippen molar-refractivity contribution in [3.05, 3.63) is 22.8 Å². The first-order valence-electron chi connectivity index (χ1n) is 16.6. The van der Waals surface area contributed by atoms with E-state index in [1.807, 2.05) is 12.5 Å². The van der Waals surface area contributed by atoms with Crippen molar-refractivity contribution in [1.82, 2.24) is 0 Å². The second-order valence-electron chi connectivity index (χ2n) is 15.8. The number of carbonyl (C=O) groups excluding carboxylic acids is 1. The average Bonchev–Trinajstić information content (AvgIpc) is 3.19. The van der Waals surface area contributed by atoms with Crippen LogP contribution >= 0.6 is 21.6 Å². The molecule has 0 aromatic carbocycles. The minimum absolute atomic E-state index is 0.0999. The number of aliphatic carboxylic acids is 1. The van der Waals surface area contributed by atoms with Crippen molar-refractivity contribution in [2.24, 2.45) is 39.4 Å². The predicted molar refractivity (Wildman–Crippen MR) is 178 cm³/mol. The zero-order chi connectivity index (χ0) is 31.3. The van der Waals surface area contributed by atoms with E-state index in [2.05, 4.69) is 61.5 Å². The molecule has 2 fully saturated rings. The number of carboxylic acids is 1. The fourth-order valence-corrected chi connectivity index (χ4v) is 12.2. The predicted octanol–water partition coefficient (Wildman–Crippen LogP) is 10.3. The van der Waals surface area contributed by atoms with E-state index in [0.717, 1.165) is 24.7 Å². The van der Waals surface area contributed by atoms with Gasteiger partial charge in [0.15, 0.2) is 0 Å². The summed E-state index contributed by atoms with van der Waals surface area (Å²) in [5.41, 5.74) is 5.77. The molecule has 0 amide bonds. The minimum atomic E-state index is -0.856. The van der Waals surface area contributed by atoms with E-state index >= 15 is 0 Å². The Balaban J connectivity index is 1.50. The Hall–Kier alpha value is -0.880. The van der Waals surface area contributed by atoms with Gasteiger partial charge in [-0.15, -0.1) is 0 Å². The standard InChI is InChI=1S/C36H58O4S2/c1-22(2)12-11-13-23(3)26-16-20-36(10)28-14-15-29-33(6,7)30(40-32(39)25(5)42-41-24(4)31(37)38)18-19-34(29,8)27(28)17-21-35(26,36)9/h12,23-26,29-30H,11,13-21H2,1-10H3,(H,37,38)/t23-,24?,25?,26-,29+,30?,34-,35-,36+/m1/s1. The molecule has 4 aliphatic rings. The van der Waals surface area contributed by atoms with Crippen LogP contribution in [0.15, 0.2) is 22.8 Å². The van der Waals surface area contributed by atoms with Crippen LogP contribution < -0.4 is 0 Å². The Morgan fingerprint density at radius 1 is 0.929 bits per heavy atom. The van der Waals surface area contributed by atoms with Gasteiger partial charge in [0, 0.05) is 5.41 Å². The molecule has 0 saturated heterocycles. The van der Waals surface area contributed by atoms with Crippen molar-refractivity contribution >= 4 is 33.5 Å². The van der Waals surface area contributed by atoms with Crippen LogP contribution in [-0.4, -0.2) is 33.6 Å². The lowest BCUT2D eigenvalue weighted by molar-refractivity contribution is -0.168. The van der Waals surface area contributed by atoms with Gasteiger partial charge in [-0.3, -0.25) is 9.59 Å². The third kappa shape index (κ3) is 5.90. The van der Waals surface area contributed by atoms with E-state index in [0.29, 0.717) is 16.7 Å². The number of ether oxygens (including phenoxy) is 1. The molecule has 0 radical (unpaired) electrons. The summed E-state index contributed by atoms with van der Waals surface area (Å²) in [5, 5.41) is 8.24. The van der Waals surface area contributed by atoms with Crippen LogP contribution in [0.5, 0.6) is 0 Å².